The molecule has 1 aliphatic carbocycles. The lowest BCUT2D eigenvalue weighted by Gasteiger charge is -2.17. The van der Waals surface area contributed by atoms with Gasteiger partial charge in [-0.05, 0) is 18.3 Å². The molecule has 56 valence electrons. The first-order valence-corrected chi connectivity index (χ1v) is 3.52. The third-order valence-corrected chi connectivity index (χ3v) is 1.96. The summed E-state index contributed by atoms with van der Waals surface area (Å²) in [7, 11) is 0. The number of hydrogen-bond donors (Lipinski definition) is 1. The largest absolute Gasteiger partial charge is 0.481 e. The molecule has 2 heteroatoms. The number of hydrogen-bond acceptors (Lipinski definition) is 1. The topological polar surface area (TPSA) is 37.3 Å². The van der Waals surface area contributed by atoms with Crippen molar-refractivity contribution in [1.29, 1.82) is 0 Å². The van der Waals surface area contributed by atoms with Crippen molar-refractivity contribution in [2.75, 3.05) is 0 Å². The van der Waals surface area contributed by atoms with E-state index in [1.165, 1.54) is 0 Å². The predicted octanol–water partition coefficient (Wildman–Crippen LogP) is 1.82. The second-order valence-corrected chi connectivity index (χ2v) is 3.17. The maximum absolute atomic E-state index is 10.3. The van der Waals surface area contributed by atoms with E-state index in [1.54, 1.807) is 0 Å². The highest BCUT2D eigenvalue weighted by Crippen LogP contribution is 2.34. The van der Waals surface area contributed by atoms with Crippen LogP contribution in [0.25, 0.3) is 0 Å². The zero-order chi connectivity index (χ0) is 7.61. The van der Waals surface area contributed by atoms with Crippen LogP contribution in [0, 0.1) is 5.41 Å². The molecular weight excluding hydrogens is 128 g/mol. The van der Waals surface area contributed by atoms with Gasteiger partial charge in [0.15, 0.2) is 0 Å². The van der Waals surface area contributed by atoms with E-state index in [-0.39, 0.29) is 11.8 Å². The normalized spacial score (nSPS) is 30.9. The number of rotatable bonds is 2. The Labute approximate surface area is 60.6 Å². The fourth-order valence-corrected chi connectivity index (χ4v) is 1.36. The first kappa shape index (κ1) is 7.32. The summed E-state index contributed by atoms with van der Waals surface area (Å²) in [5, 5.41) is 8.51. The zero-order valence-corrected chi connectivity index (χ0v) is 6.13. The van der Waals surface area contributed by atoms with Crippen molar-refractivity contribution >= 4 is 5.97 Å². The summed E-state index contributed by atoms with van der Waals surface area (Å²) >= 11 is 0. The molecule has 1 N–H and O–H groups in total. The van der Waals surface area contributed by atoms with E-state index in [1.807, 2.05) is 13.0 Å². The average Bonchev–Trinajstić information content (AvgIpc) is 2.12. The van der Waals surface area contributed by atoms with Gasteiger partial charge < -0.3 is 5.11 Å². The van der Waals surface area contributed by atoms with E-state index in [0.29, 0.717) is 0 Å². The van der Waals surface area contributed by atoms with Crippen LogP contribution in [0.3, 0.4) is 0 Å². The molecule has 0 fully saturated rings. The van der Waals surface area contributed by atoms with Crippen LogP contribution in [0.5, 0.6) is 0 Å². The molecule has 0 aromatic rings. The van der Waals surface area contributed by atoms with E-state index >= 15 is 0 Å². The van der Waals surface area contributed by atoms with Crippen molar-refractivity contribution in [2.45, 2.75) is 26.2 Å². The monoisotopic (exact) mass is 140 g/mol. The molecule has 1 aliphatic rings. The van der Waals surface area contributed by atoms with Gasteiger partial charge in [0.05, 0.1) is 6.42 Å². The molecule has 0 aliphatic heterocycles. The van der Waals surface area contributed by atoms with Crippen LogP contribution in [0.1, 0.15) is 26.2 Å². The van der Waals surface area contributed by atoms with E-state index in [9.17, 15) is 4.79 Å². The number of carboxylic acids is 1. The van der Waals surface area contributed by atoms with Crippen molar-refractivity contribution in [3.63, 3.8) is 0 Å². The second-order valence-electron chi connectivity index (χ2n) is 3.17. The van der Waals surface area contributed by atoms with Gasteiger partial charge in [-0.3, -0.25) is 4.79 Å². The van der Waals surface area contributed by atoms with Gasteiger partial charge in [-0.15, -0.1) is 0 Å². The van der Waals surface area contributed by atoms with Gasteiger partial charge in [-0.2, -0.15) is 0 Å². The minimum atomic E-state index is -0.700. The first-order chi connectivity index (χ1) is 4.62. The summed E-state index contributed by atoms with van der Waals surface area (Å²) in [5.74, 6) is -0.700. The molecule has 0 radical (unpaired) electrons. The van der Waals surface area contributed by atoms with Gasteiger partial charge in [-0.1, -0.05) is 19.1 Å². The summed E-state index contributed by atoms with van der Waals surface area (Å²) in [6.45, 7) is 1.99. The molecule has 1 rings (SSSR count). The van der Waals surface area contributed by atoms with Gasteiger partial charge >= 0.3 is 5.97 Å². The maximum Gasteiger partial charge on any atom is 0.304 e. The Balaban J connectivity index is 2.52. The smallest absolute Gasteiger partial charge is 0.304 e. The third kappa shape index (κ3) is 1.59. The van der Waals surface area contributed by atoms with Crippen LogP contribution in [0.4, 0.5) is 0 Å². The van der Waals surface area contributed by atoms with Gasteiger partial charge in [0.25, 0.3) is 0 Å². The molecule has 2 nitrogen and oxygen atoms in total. The van der Waals surface area contributed by atoms with Gasteiger partial charge in [-0.25, -0.2) is 0 Å². The van der Waals surface area contributed by atoms with Crippen LogP contribution in [-0.4, -0.2) is 11.1 Å². The van der Waals surface area contributed by atoms with Gasteiger partial charge in [0, 0.05) is 0 Å². The SMILES string of the molecule is CC1(CC(=O)O)C=CCC1. The Morgan fingerprint density at radius 1 is 1.80 bits per heavy atom. The quantitative estimate of drug-likeness (QED) is 0.594. The molecular formula is C8H12O2. The maximum atomic E-state index is 10.3. The van der Waals surface area contributed by atoms with Crippen molar-refractivity contribution in [3.05, 3.63) is 12.2 Å². The number of aliphatic carboxylic acids is 1. The van der Waals surface area contributed by atoms with Crippen LogP contribution < -0.4 is 0 Å². The highest BCUT2D eigenvalue weighted by atomic mass is 16.4. The predicted molar refractivity (Wildman–Crippen MR) is 38.7 cm³/mol. The summed E-state index contributed by atoms with van der Waals surface area (Å²) in [6.07, 6.45) is 6.36. The lowest BCUT2D eigenvalue weighted by Crippen LogP contribution is -2.15. The molecule has 0 heterocycles. The van der Waals surface area contributed by atoms with Gasteiger partial charge in [0.1, 0.15) is 0 Å². The summed E-state index contributed by atoms with van der Waals surface area (Å²) in [4.78, 5) is 10.3. The fraction of sp³-hybridized carbons (Fsp3) is 0.625. The molecule has 0 amide bonds. The first-order valence-electron chi connectivity index (χ1n) is 3.52. The lowest BCUT2D eigenvalue weighted by atomic mass is 9.87. The number of allylic oxidation sites excluding steroid dienone is 2. The highest BCUT2D eigenvalue weighted by molar-refractivity contribution is 5.68. The second kappa shape index (κ2) is 2.45. The minimum Gasteiger partial charge on any atom is -0.481 e. The Kier molecular flexibility index (Phi) is 1.79. The minimum absolute atomic E-state index is 0.0637. The molecule has 0 aromatic heterocycles. The van der Waals surface area contributed by atoms with Crippen LogP contribution in [0.2, 0.25) is 0 Å². The lowest BCUT2D eigenvalue weighted by molar-refractivity contribution is -0.138. The van der Waals surface area contributed by atoms with E-state index in [4.69, 9.17) is 5.11 Å². The molecule has 0 aromatic carbocycles. The molecule has 1 unspecified atom stereocenters. The van der Waals surface area contributed by atoms with Crippen molar-refractivity contribution in [3.8, 4) is 0 Å². The molecule has 1 atom stereocenters. The van der Waals surface area contributed by atoms with E-state index in [2.05, 4.69) is 6.08 Å². The molecule has 0 bridgehead atoms. The Hall–Kier alpha value is -0.790. The fourth-order valence-electron chi connectivity index (χ4n) is 1.36. The van der Waals surface area contributed by atoms with E-state index < -0.39 is 5.97 Å². The molecule has 10 heavy (non-hydrogen) atoms. The third-order valence-electron chi connectivity index (χ3n) is 1.96. The standard InChI is InChI=1S/C8H12O2/c1-8(6-7(9)10)4-2-3-5-8/h2,4H,3,5-6H2,1H3,(H,9,10). The molecule has 0 saturated carbocycles. The van der Waals surface area contributed by atoms with Crippen molar-refractivity contribution < 1.29 is 9.90 Å². The van der Waals surface area contributed by atoms with Crippen LogP contribution >= 0.6 is 0 Å². The van der Waals surface area contributed by atoms with Crippen molar-refractivity contribution in [1.82, 2.24) is 0 Å². The average molecular weight is 140 g/mol. The molecule has 0 saturated heterocycles. The van der Waals surface area contributed by atoms with Crippen LogP contribution in [-0.2, 0) is 4.79 Å². The van der Waals surface area contributed by atoms with Crippen molar-refractivity contribution in [2.24, 2.45) is 5.41 Å². The molecule has 0 spiro atoms. The van der Waals surface area contributed by atoms with Gasteiger partial charge in [0.2, 0.25) is 0 Å². The summed E-state index contributed by atoms with van der Waals surface area (Å²) in [5.41, 5.74) is -0.0637. The van der Waals surface area contributed by atoms with Crippen LogP contribution in [0.15, 0.2) is 12.2 Å². The number of carbonyl (C=O) groups is 1. The highest BCUT2D eigenvalue weighted by Gasteiger charge is 2.26. The summed E-state index contributed by atoms with van der Waals surface area (Å²) in [6, 6.07) is 0. The Bertz CT molecular complexity index is 172. The number of carboxylic acid groups (broad SMARTS) is 1. The zero-order valence-electron chi connectivity index (χ0n) is 6.13. The Morgan fingerprint density at radius 2 is 2.50 bits per heavy atom. The van der Waals surface area contributed by atoms with E-state index in [0.717, 1.165) is 12.8 Å². The Morgan fingerprint density at radius 3 is 2.90 bits per heavy atom. The summed E-state index contributed by atoms with van der Waals surface area (Å²) < 4.78 is 0.